The molecule has 1 aromatic heterocycles. The molecule has 2 atom stereocenters. The maximum Gasteiger partial charge on any atom is 0.185 e. The molecule has 20 heavy (non-hydrogen) atoms. The summed E-state index contributed by atoms with van der Waals surface area (Å²) in [6, 6.07) is 0.944. The first-order valence-electron chi connectivity index (χ1n) is 7.80. The molecule has 1 aliphatic carbocycles. The zero-order valence-electron chi connectivity index (χ0n) is 13.8. The number of thiazole rings is 1. The lowest BCUT2D eigenvalue weighted by atomic mass is 9.87. The third kappa shape index (κ3) is 3.17. The van der Waals surface area contributed by atoms with Gasteiger partial charge in [-0.25, -0.2) is 4.98 Å². The Hall–Kier alpha value is -0.610. The van der Waals surface area contributed by atoms with Gasteiger partial charge in [0.1, 0.15) is 0 Å². The normalized spacial score (nSPS) is 20.6. The molecule has 1 aliphatic rings. The summed E-state index contributed by atoms with van der Waals surface area (Å²) < 4.78 is 0. The second kappa shape index (κ2) is 6.02. The van der Waals surface area contributed by atoms with Gasteiger partial charge in [-0.15, -0.1) is 11.3 Å². The second-order valence-corrected chi connectivity index (χ2v) is 8.02. The molecule has 0 amide bonds. The van der Waals surface area contributed by atoms with Crippen LogP contribution in [0, 0.1) is 5.41 Å². The Morgan fingerprint density at radius 1 is 1.45 bits per heavy atom. The lowest BCUT2D eigenvalue weighted by Crippen LogP contribution is -2.39. The van der Waals surface area contributed by atoms with Gasteiger partial charge in [0.25, 0.3) is 0 Å². The standard InChI is InChI=1S/C16H29N3S/c1-7-17-12-9-8-10-13-14(12)18-15(20-13)19(6)11(2)16(3,4)5/h11-12,17H,7-10H2,1-6H3. The molecule has 4 heteroatoms. The van der Waals surface area contributed by atoms with Crippen LogP contribution >= 0.6 is 11.3 Å². The molecule has 1 N–H and O–H groups in total. The Kier molecular flexibility index (Phi) is 4.75. The summed E-state index contributed by atoms with van der Waals surface area (Å²) in [6.07, 6.45) is 3.71. The van der Waals surface area contributed by atoms with E-state index in [1.807, 2.05) is 11.3 Å². The van der Waals surface area contributed by atoms with Crippen LogP contribution in [0.4, 0.5) is 5.13 Å². The van der Waals surface area contributed by atoms with Crippen LogP contribution in [0.2, 0.25) is 0 Å². The molecule has 0 saturated carbocycles. The fourth-order valence-electron chi connectivity index (χ4n) is 2.75. The summed E-state index contributed by atoms with van der Waals surface area (Å²) in [5, 5.41) is 4.76. The topological polar surface area (TPSA) is 28.2 Å². The summed E-state index contributed by atoms with van der Waals surface area (Å²) in [7, 11) is 2.18. The molecule has 0 spiro atoms. The zero-order valence-corrected chi connectivity index (χ0v) is 14.6. The number of nitrogens with one attached hydrogen (secondary N) is 1. The van der Waals surface area contributed by atoms with Crippen molar-refractivity contribution in [2.24, 2.45) is 5.41 Å². The van der Waals surface area contributed by atoms with Crippen molar-refractivity contribution < 1.29 is 0 Å². The number of aromatic nitrogens is 1. The van der Waals surface area contributed by atoms with Crippen LogP contribution in [-0.4, -0.2) is 24.6 Å². The Bertz CT molecular complexity index is 447. The van der Waals surface area contributed by atoms with E-state index in [4.69, 9.17) is 4.98 Å². The zero-order chi connectivity index (χ0) is 14.9. The van der Waals surface area contributed by atoms with Gasteiger partial charge in [0.2, 0.25) is 0 Å². The summed E-state index contributed by atoms with van der Waals surface area (Å²) >= 11 is 1.89. The second-order valence-electron chi connectivity index (χ2n) is 6.96. The van der Waals surface area contributed by atoms with Crippen molar-refractivity contribution in [2.75, 3.05) is 18.5 Å². The van der Waals surface area contributed by atoms with Crippen LogP contribution in [-0.2, 0) is 6.42 Å². The number of fused-ring (bicyclic) bond motifs is 1. The Labute approximate surface area is 127 Å². The van der Waals surface area contributed by atoms with Gasteiger partial charge in [0.15, 0.2) is 5.13 Å². The predicted octanol–water partition coefficient (Wildman–Crippen LogP) is 4.00. The summed E-state index contributed by atoms with van der Waals surface area (Å²) in [5.41, 5.74) is 1.58. The molecule has 2 unspecified atom stereocenters. The molecular formula is C16H29N3S. The molecule has 1 aromatic rings. The third-order valence-corrected chi connectivity index (χ3v) is 5.75. The first-order chi connectivity index (χ1) is 9.34. The Balaban J connectivity index is 2.23. The van der Waals surface area contributed by atoms with E-state index in [1.165, 1.54) is 35.0 Å². The van der Waals surface area contributed by atoms with Crippen LogP contribution in [0.25, 0.3) is 0 Å². The average molecular weight is 295 g/mol. The molecule has 0 aromatic carbocycles. The Morgan fingerprint density at radius 3 is 2.75 bits per heavy atom. The largest absolute Gasteiger partial charge is 0.348 e. The molecular weight excluding hydrogens is 266 g/mol. The molecule has 0 fully saturated rings. The molecule has 114 valence electrons. The van der Waals surface area contributed by atoms with Crippen molar-refractivity contribution in [1.82, 2.24) is 10.3 Å². The fraction of sp³-hybridized carbons (Fsp3) is 0.812. The minimum absolute atomic E-state index is 0.266. The van der Waals surface area contributed by atoms with Crippen LogP contribution in [0.1, 0.15) is 64.1 Å². The number of hydrogen-bond donors (Lipinski definition) is 1. The lowest BCUT2D eigenvalue weighted by molar-refractivity contribution is 0.329. The van der Waals surface area contributed by atoms with Crippen LogP contribution in [0.3, 0.4) is 0 Å². The van der Waals surface area contributed by atoms with Gasteiger partial charge >= 0.3 is 0 Å². The number of hydrogen-bond acceptors (Lipinski definition) is 4. The van der Waals surface area contributed by atoms with Crippen LogP contribution in [0.15, 0.2) is 0 Å². The van der Waals surface area contributed by atoms with Crippen molar-refractivity contribution >= 4 is 16.5 Å². The van der Waals surface area contributed by atoms with E-state index in [9.17, 15) is 0 Å². The van der Waals surface area contributed by atoms with Crippen LogP contribution in [0.5, 0.6) is 0 Å². The van der Waals surface area contributed by atoms with Crippen molar-refractivity contribution in [3.8, 4) is 0 Å². The maximum atomic E-state index is 4.97. The number of nitrogens with zero attached hydrogens (tertiary/aromatic N) is 2. The van der Waals surface area contributed by atoms with Gasteiger partial charge in [-0.3, -0.25) is 0 Å². The molecule has 0 aliphatic heterocycles. The van der Waals surface area contributed by atoms with Crippen molar-refractivity contribution in [1.29, 1.82) is 0 Å². The van der Waals surface area contributed by atoms with E-state index in [-0.39, 0.29) is 5.41 Å². The van der Waals surface area contributed by atoms with E-state index >= 15 is 0 Å². The van der Waals surface area contributed by atoms with E-state index in [1.54, 1.807) is 0 Å². The van der Waals surface area contributed by atoms with E-state index in [0.717, 1.165) is 6.54 Å². The molecule has 1 heterocycles. The summed E-state index contributed by atoms with van der Waals surface area (Å²) in [6.45, 7) is 12.4. The molecule has 0 radical (unpaired) electrons. The summed E-state index contributed by atoms with van der Waals surface area (Å²) in [4.78, 5) is 8.81. The SMILES string of the molecule is CCNC1CCCc2sc(N(C)C(C)C(C)(C)C)nc21. The van der Waals surface area contributed by atoms with E-state index in [2.05, 4.69) is 51.9 Å². The molecule has 3 nitrogen and oxygen atoms in total. The van der Waals surface area contributed by atoms with Gasteiger partial charge in [0, 0.05) is 18.0 Å². The van der Waals surface area contributed by atoms with Crippen LogP contribution < -0.4 is 10.2 Å². The van der Waals surface area contributed by atoms with E-state index < -0.39 is 0 Å². The van der Waals surface area contributed by atoms with Crippen molar-refractivity contribution in [3.63, 3.8) is 0 Å². The molecule has 2 rings (SSSR count). The molecule has 0 saturated heterocycles. The fourth-order valence-corrected chi connectivity index (χ4v) is 3.95. The van der Waals surface area contributed by atoms with Gasteiger partial charge in [-0.1, -0.05) is 27.7 Å². The van der Waals surface area contributed by atoms with Gasteiger partial charge in [0.05, 0.1) is 11.7 Å². The summed E-state index contributed by atoms with van der Waals surface area (Å²) in [5.74, 6) is 0. The number of anilines is 1. The smallest absolute Gasteiger partial charge is 0.185 e. The molecule has 0 bridgehead atoms. The predicted molar refractivity (Wildman–Crippen MR) is 88.8 cm³/mol. The minimum Gasteiger partial charge on any atom is -0.348 e. The van der Waals surface area contributed by atoms with Crippen molar-refractivity contribution in [2.45, 2.75) is 66.0 Å². The van der Waals surface area contributed by atoms with Gasteiger partial charge in [-0.2, -0.15) is 0 Å². The maximum absolute atomic E-state index is 4.97. The van der Waals surface area contributed by atoms with E-state index in [0.29, 0.717) is 12.1 Å². The lowest BCUT2D eigenvalue weighted by Gasteiger charge is -2.35. The van der Waals surface area contributed by atoms with Crippen molar-refractivity contribution in [3.05, 3.63) is 10.6 Å². The first-order valence-corrected chi connectivity index (χ1v) is 8.62. The third-order valence-electron chi connectivity index (χ3n) is 4.53. The Morgan fingerprint density at radius 2 is 2.15 bits per heavy atom. The average Bonchev–Trinajstić information content (AvgIpc) is 2.81. The van der Waals surface area contributed by atoms with Gasteiger partial charge in [-0.05, 0) is 38.1 Å². The number of aryl methyl sites for hydroxylation is 1. The first kappa shape index (κ1) is 15.8. The minimum atomic E-state index is 0.266. The van der Waals surface area contributed by atoms with Gasteiger partial charge < -0.3 is 10.2 Å². The monoisotopic (exact) mass is 295 g/mol. The quantitative estimate of drug-likeness (QED) is 0.910. The number of rotatable bonds is 4. The highest BCUT2D eigenvalue weighted by atomic mass is 32.1. The highest BCUT2D eigenvalue weighted by molar-refractivity contribution is 7.15. The highest BCUT2D eigenvalue weighted by Crippen LogP contribution is 2.38. The highest BCUT2D eigenvalue weighted by Gasteiger charge is 2.29.